The number of benzene rings is 2. The van der Waals surface area contributed by atoms with Crippen LogP contribution in [0.5, 0.6) is 0 Å². The van der Waals surface area contributed by atoms with Crippen molar-refractivity contribution in [2.24, 2.45) is 0 Å². The molecule has 142 valence electrons. The zero-order valence-corrected chi connectivity index (χ0v) is 16.8. The van der Waals surface area contributed by atoms with Crippen LogP contribution in [0.4, 0.5) is 0 Å². The van der Waals surface area contributed by atoms with Crippen LogP contribution in [0.15, 0.2) is 48.7 Å². The molecule has 2 aromatic heterocycles. The number of pyridine rings is 1. The molecule has 0 atom stereocenters. The molecular formula is C23H21ClN2O2. The van der Waals surface area contributed by atoms with Crippen LogP contribution in [0, 0.1) is 6.92 Å². The molecule has 5 heteroatoms. The first-order chi connectivity index (χ1) is 13.5. The predicted molar refractivity (Wildman–Crippen MR) is 113 cm³/mol. The van der Waals surface area contributed by atoms with Crippen LogP contribution in [0.1, 0.15) is 41.0 Å². The second-order valence-corrected chi connectivity index (χ2v) is 7.61. The number of ether oxygens (including phenoxy) is 1. The Hall–Kier alpha value is -2.85. The summed E-state index contributed by atoms with van der Waals surface area (Å²) in [6.45, 7) is 5.59. The Kier molecular flexibility index (Phi) is 4.82. The lowest BCUT2D eigenvalue weighted by atomic mass is 9.97. The van der Waals surface area contributed by atoms with E-state index in [9.17, 15) is 4.79 Å². The molecule has 0 spiro atoms. The molecule has 0 aliphatic heterocycles. The lowest BCUT2D eigenvalue weighted by molar-refractivity contribution is 0.0370. The second kappa shape index (κ2) is 7.28. The van der Waals surface area contributed by atoms with Crippen molar-refractivity contribution in [1.82, 2.24) is 9.97 Å². The number of aromatic amines is 1. The van der Waals surface area contributed by atoms with Gasteiger partial charge in [-0.25, -0.2) is 9.78 Å². The van der Waals surface area contributed by atoms with Crippen molar-refractivity contribution >= 4 is 39.4 Å². The van der Waals surface area contributed by atoms with Gasteiger partial charge in [-0.2, -0.15) is 0 Å². The van der Waals surface area contributed by atoms with E-state index < -0.39 is 5.97 Å². The number of hydrogen-bond donors (Lipinski definition) is 1. The number of hydrogen-bond acceptors (Lipinski definition) is 3. The van der Waals surface area contributed by atoms with Gasteiger partial charge >= 0.3 is 5.97 Å². The maximum atomic E-state index is 12.5. The molecule has 2 heterocycles. The minimum absolute atomic E-state index is 0.192. The van der Waals surface area contributed by atoms with E-state index in [-0.39, 0.29) is 6.10 Å². The maximum absolute atomic E-state index is 12.5. The third-order valence-corrected chi connectivity index (χ3v) is 5.24. The Balaban J connectivity index is 1.91. The number of carbonyl (C=O) groups excluding carboxylic acids is 1. The molecule has 0 fully saturated rings. The molecule has 0 saturated carbocycles. The van der Waals surface area contributed by atoms with E-state index in [0.29, 0.717) is 12.1 Å². The van der Waals surface area contributed by atoms with Gasteiger partial charge in [0.05, 0.1) is 17.8 Å². The smallest absolute Gasteiger partial charge is 0.357 e. The maximum Gasteiger partial charge on any atom is 0.357 e. The first-order valence-corrected chi connectivity index (χ1v) is 9.66. The zero-order chi connectivity index (χ0) is 19.8. The van der Waals surface area contributed by atoms with Crippen molar-refractivity contribution in [2.45, 2.75) is 33.3 Å². The fraction of sp³-hybridized carbons (Fsp3) is 0.217. The van der Waals surface area contributed by atoms with Gasteiger partial charge in [0.1, 0.15) is 0 Å². The second-order valence-electron chi connectivity index (χ2n) is 7.21. The standard InChI is InChI=1S/C23H21ClN2O2/c1-13(2)28-23(27)22-14(3)20-19(12-25-22)26-18-10-6-8-16(21(18)20)11-15-7-4-5-9-17(15)24/h4-10,12-13,26H,11H2,1-3H3. The Morgan fingerprint density at radius 2 is 1.82 bits per heavy atom. The lowest BCUT2D eigenvalue weighted by Crippen LogP contribution is -2.14. The van der Waals surface area contributed by atoms with Crippen molar-refractivity contribution in [3.8, 4) is 0 Å². The summed E-state index contributed by atoms with van der Waals surface area (Å²) in [5, 5.41) is 2.85. The van der Waals surface area contributed by atoms with Gasteiger partial charge in [0.25, 0.3) is 0 Å². The predicted octanol–water partition coefficient (Wildman–Crippen LogP) is 5.83. The first kappa shape index (κ1) is 18.5. The number of fused-ring (bicyclic) bond motifs is 3. The van der Waals surface area contributed by atoms with Gasteiger partial charge in [-0.3, -0.25) is 0 Å². The molecule has 0 saturated heterocycles. The highest BCUT2D eigenvalue weighted by Crippen LogP contribution is 2.33. The molecule has 0 unspecified atom stereocenters. The van der Waals surface area contributed by atoms with Gasteiger partial charge in [0, 0.05) is 21.3 Å². The van der Waals surface area contributed by atoms with Crippen molar-refractivity contribution < 1.29 is 9.53 Å². The number of aromatic nitrogens is 2. The minimum atomic E-state index is -0.396. The molecule has 2 aromatic carbocycles. The van der Waals surface area contributed by atoms with Crippen molar-refractivity contribution in [3.63, 3.8) is 0 Å². The van der Waals surface area contributed by atoms with Crippen LogP contribution in [0.25, 0.3) is 21.8 Å². The number of halogens is 1. The monoisotopic (exact) mass is 392 g/mol. The highest BCUT2D eigenvalue weighted by Gasteiger charge is 2.20. The molecule has 0 bridgehead atoms. The topological polar surface area (TPSA) is 55.0 Å². The summed E-state index contributed by atoms with van der Waals surface area (Å²) in [6.07, 6.45) is 2.22. The summed E-state index contributed by atoms with van der Waals surface area (Å²) < 4.78 is 5.37. The largest absolute Gasteiger partial charge is 0.458 e. The third kappa shape index (κ3) is 3.25. The lowest BCUT2D eigenvalue weighted by Gasteiger charge is -2.11. The fourth-order valence-electron chi connectivity index (χ4n) is 3.64. The molecule has 0 radical (unpaired) electrons. The van der Waals surface area contributed by atoms with Crippen molar-refractivity contribution in [3.05, 3.63) is 76.1 Å². The molecule has 0 aliphatic carbocycles. The van der Waals surface area contributed by atoms with Crippen LogP contribution in [-0.4, -0.2) is 22.0 Å². The van der Waals surface area contributed by atoms with E-state index in [4.69, 9.17) is 16.3 Å². The third-order valence-electron chi connectivity index (χ3n) is 4.87. The SMILES string of the molecule is Cc1c(C(=O)OC(C)C)ncc2[nH]c3cccc(Cc4ccccc4Cl)c3c12. The number of rotatable bonds is 4. The highest BCUT2D eigenvalue weighted by atomic mass is 35.5. The quantitative estimate of drug-likeness (QED) is 0.444. The van der Waals surface area contributed by atoms with E-state index in [1.807, 2.05) is 57.2 Å². The average Bonchev–Trinajstić information content (AvgIpc) is 3.03. The van der Waals surface area contributed by atoms with Crippen LogP contribution in [0.2, 0.25) is 5.02 Å². The van der Waals surface area contributed by atoms with E-state index >= 15 is 0 Å². The Morgan fingerprint density at radius 1 is 1.07 bits per heavy atom. The van der Waals surface area contributed by atoms with E-state index in [0.717, 1.165) is 43.5 Å². The van der Waals surface area contributed by atoms with Crippen molar-refractivity contribution in [1.29, 1.82) is 0 Å². The number of carbonyl (C=O) groups is 1. The first-order valence-electron chi connectivity index (χ1n) is 9.29. The summed E-state index contributed by atoms with van der Waals surface area (Å²) in [7, 11) is 0. The Bertz CT molecular complexity index is 1190. The summed E-state index contributed by atoms with van der Waals surface area (Å²) in [5.74, 6) is -0.396. The van der Waals surface area contributed by atoms with Gasteiger partial charge in [-0.1, -0.05) is 41.9 Å². The van der Waals surface area contributed by atoms with Crippen LogP contribution >= 0.6 is 11.6 Å². The highest BCUT2D eigenvalue weighted by molar-refractivity contribution is 6.31. The van der Waals surface area contributed by atoms with Gasteiger partial charge in [-0.05, 0) is 56.0 Å². The number of nitrogens with zero attached hydrogens (tertiary/aromatic N) is 1. The van der Waals surface area contributed by atoms with Gasteiger partial charge in [0.15, 0.2) is 5.69 Å². The molecule has 28 heavy (non-hydrogen) atoms. The molecule has 0 aliphatic rings. The van der Waals surface area contributed by atoms with E-state index in [1.54, 1.807) is 6.20 Å². The minimum Gasteiger partial charge on any atom is -0.458 e. The number of H-pyrrole nitrogens is 1. The van der Waals surface area contributed by atoms with Crippen molar-refractivity contribution in [2.75, 3.05) is 0 Å². The summed E-state index contributed by atoms with van der Waals surface area (Å²) in [5.41, 5.74) is 5.31. The molecule has 4 rings (SSSR count). The zero-order valence-electron chi connectivity index (χ0n) is 16.0. The van der Waals surface area contributed by atoms with E-state index in [1.165, 1.54) is 0 Å². The molecule has 1 N–H and O–H groups in total. The fourth-order valence-corrected chi connectivity index (χ4v) is 3.84. The van der Waals surface area contributed by atoms with Crippen LogP contribution in [0.3, 0.4) is 0 Å². The Morgan fingerprint density at radius 3 is 2.57 bits per heavy atom. The van der Waals surface area contributed by atoms with Gasteiger partial charge in [0.2, 0.25) is 0 Å². The van der Waals surface area contributed by atoms with E-state index in [2.05, 4.69) is 16.0 Å². The average molecular weight is 393 g/mol. The summed E-state index contributed by atoms with van der Waals surface area (Å²) in [4.78, 5) is 20.3. The molecule has 0 amide bonds. The van der Waals surface area contributed by atoms with Crippen LogP contribution in [-0.2, 0) is 11.2 Å². The Labute approximate surface area is 168 Å². The molecule has 4 nitrogen and oxygen atoms in total. The molecular weight excluding hydrogens is 372 g/mol. The van der Waals surface area contributed by atoms with Gasteiger partial charge < -0.3 is 9.72 Å². The number of nitrogens with one attached hydrogen (secondary N) is 1. The molecule has 4 aromatic rings. The summed E-state index contributed by atoms with van der Waals surface area (Å²) >= 11 is 6.38. The van der Waals surface area contributed by atoms with Crippen LogP contribution < -0.4 is 0 Å². The number of esters is 1. The summed E-state index contributed by atoms with van der Waals surface area (Å²) in [6, 6.07) is 14.0. The van der Waals surface area contributed by atoms with Gasteiger partial charge in [-0.15, -0.1) is 0 Å². The number of aryl methyl sites for hydroxylation is 1. The normalized spacial score (nSPS) is 11.5.